The molecule has 2 heterocycles. The zero-order valence-corrected chi connectivity index (χ0v) is 26.5. The molecule has 0 atom stereocenters. The highest BCUT2D eigenvalue weighted by Crippen LogP contribution is 2.50. The van der Waals surface area contributed by atoms with Gasteiger partial charge in [-0.1, -0.05) is 127 Å². The maximum Gasteiger partial charge on any atom is 0.0634 e. The predicted octanol–water partition coefficient (Wildman–Crippen LogP) is 12.6. The summed E-state index contributed by atoms with van der Waals surface area (Å²) < 4.78 is 5.21. The first-order valence-corrected chi connectivity index (χ1v) is 16.4. The van der Waals surface area contributed by atoms with Gasteiger partial charge in [-0.15, -0.1) is 11.3 Å². The number of thiophene rings is 1. The Kier molecular flexibility index (Phi) is 6.73. The summed E-state index contributed by atoms with van der Waals surface area (Å²) in [6.07, 6.45) is 0. The van der Waals surface area contributed by atoms with Crippen molar-refractivity contribution in [2.45, 2.75) is 20.8 Å². The van der Waals surface area contributed by atoms with Gasteiger partial charge in [0.1, 0.15) is 0 Å². The summed E-state index contributed by atoms with van der Waals surface area (Å²) in [5.41, 5.74) is 10.3. The first-order valence-electron chi connectivity index (χ1n) is 15.5. The average Bonchev–Trinajstić information content (AvgIpc) is 3.63. The molecule has 0 N–H and O–H groups in total. The van der Waals surface area contributed by atoms with E-state index in [1.165, 1.54) is 86.3 Å². The highest BCUT2D eigenvalue weighted by molar-refractivity contribution is 7.27. The van der Waals surface area contributed by atoms with E-state index < -0.39 is 0 Å². The third kappa shape index (κ3) is 4.44. The van der Waals surface area contributed by atoms with E-state index in [9.17, 15) is 0 Å². The zero-order valence-electron chi connectivity index (χ0n) is 25.7. The lowest BCUT2D eigenvalue weighted by Crippen LogP contribution is -1.95. The van der Waals surface area contributed by atoms with Crippen LogP contribution in [0.1, 0.15) is 16.7 Å². The lowest BCUT2D eigenvalue weighted by atomic mass is 9.91. The van der Waals surface area contributed by atoms with Gasteiger partial charge in [0.25, 0.3) is 0 Å². The Bertz CT molecular complexity index is 2500. The summed E-state index contributed by atoms with van der Waals surface area (Å²) in [4.78, 5) is 0. The summed E-state index contributed by atoms with van der Waals surface area (Å²) in [6.45, 7) is 6.57. The van der Waals surface area contributed by atoms with E-state index in [4.69, 9.17) is 0 Å². The molecule has 0 bridgehead atoms. The molecule has 45 heavy (non-hydrogen) atoms. The number of aryl methyl sites for hydroxylation is 3. The van der Waals surface area contributed by atoms with Crippen molar-refractivity contribution < 1.29 is 0 Å². The Morgan fingerprint density at radius 2 is 1.09 bits per heavy atom. The number of rotatable bonds is 2. The smallest absolute Gasteiger partial charge is 0.0634 e. The largest absolute Gasteiger partial charge is 0.309 e. The van der Waals surface area contributed by atoms with E-state index in [1.807, 2.05) is 29.5 Å². The summed E-state index contributed by atoms with van der Waals surface area (Å²) in [7, 11) is 0. The second kappa shape index (κ2) is 11.1. The van der Waals surface area contributed by atoms with Crippen LogP contribution in [0.5, 0.6) is 0 Å². The number of para-hydroxylation sites is 1. The van der Waals surface area contributed by atoms with Gasteiger partial charge in [-0.05, 0) is 72.7 Å². The fourth-order valence-electron chi connectivity index (χ4n) is 6.94. The van der Waals surface area contributed by atoms with Crippen LogP contribution in [0.2, 0.25) is 0 Å². The quantitative estimate of drug-likeness (QED) is 0.187. The lowest BCUT2D eigenvalue weighted by Gasteiger charge is -2.13. The van der Waals surface area contributed by atoms with E-state index in [0.29, 0.717) is 0 Å². The molecule has 0 fully saturated rings. The van der Waals surface area contributed by atoms with E-state index in [-0.39, 0.29) is 0 Å². The molecule has 0 unspecified atom stereocenters. The third-order valence-corrected chi connectivity index (χ3v) is 10.2. The van der Waals surface area contributed by atoms with Gasteiger partial charge in [-0.2, -0.15) is 0 Å². The van der Waals surface area contributed by atoms with Crippen molar-refractivity contribution >= 4 is 64.1 Å². The molecule has 1 nitrogen and oxygen atoms in total. The van der Waals surface area contributed by atoms with Crippen LogP contribution in [0, 0.1) is 20.8 Å². The molecule has 9 aromatic rings. The van der Waals surface area contributed by atoms with Crippen LogP contribution < -0.4 is 0 Å². The number of hydrogen-bond donors (Lipinski definition) is 0. The van der Waals surface area contributed by atoms with Crippen molar-refractivity contribution in [1.82, 2.24) is 4.57 Å². The van der Waals surface area contributed by atoms with Gasteiger partial charge < -0.3 is 4.57 Å². The molecule has 216 valence electrons. The summed E-state index contributed by atoms with van der Waals surface area (Å²) in [5.74, 6) is 0. The minimum absolute atomic E-state index is 1.19. The maximum atomic E-state index is 2.50. The maximum absolute atomic E-state index is 2.50. The van der Waals surface area contributed by atoms with Gasteiger partial charge in [-0.25, -0.2) is 0 Å². The van der Waals surface area contributed by atoms with Gasteiger partial charge in [0, 0.05) is 42.0 Å². The first-order chi connectivity index (χ1) is 22.1. The van der Waals surface area contributed by atoms with Crippen LogP contribution in [0.15, 0.2) is 146 Å². The molecule has 7 aromatic carbocycles. The van der Waals surface area contributed by atoms with Crippen molar-refractivity contribution in [1.29, 1.82) is 0 Å². The molecule has 0 aliphatic heterocycles. The second-order valence-corrected chi connectivity index (χ2v) is 12.9. The van der Waals surface area contributed by atoms with Crippen LogP contribution in [0.25, 0.3) is 69.6 Å². The van der Waals surface area contributed by atoms with Crippen molar-refractivity contribution in [2.75, 3.05) is 0 Å². The highest BCUT2D eigenvalue weighted by Gasteiger charge is 2.24. The van der Waals surface area contributed by atoms with Crippen LogP contribution in [0.4, 0.5) is 0 Å². The summed E-state index contributed by atoms with van der Waals surface area (Å²) in [5, 5.41) is 8.05. The standard InChI is InChI=1S/C36H25NS.C7H8/c1-22-12-6-7-15-25(22)31-23(2)20-21-29-33(31)34-35(37(29)24-13-4-3-5-14-24)27-17-9-8-16-26(27)32-28-18-10-11-19-30(28)38-36(32)34;1-7-5-3-2-4-6-7/h3-21H,1-2H3;2-6H,1H3. The average molecular weight is 596 g/mol. The Balaban J connectivity index is 0.000000382. The Morgan fingerprint density at radius 1 is 0.467 bits per heavy atom. The van der Waals surface area contributed by atoms with Crippen LogP contribution >= 0.6 is 11.3 Å². The van der Waals surface area contributed by atoms with Crippen LogP contribution in [-0.2, 0) is 0 Å². The van der Waals surface area contributed by atoms with Crippen molar-refractivity contribution in [2.24, 2.45) is 0 Å². The monoisotopic (exact) mass is 595 g/mol. The topological polar surface area (TPSA) is 4.93 Å². The summed E-state index contributed by atoms with van der Waals surface area (Å²) in [6, 6.07) is 52.4. The van der Waals surface area contributed by atoms with E-state index in [1.54, 1.807) is 0 Å². The first kappa shape index (κ1) is 27.4. The molecule has 0 saturated carbocycles. The van der Waals surface area contributed by atoms with E-state index in [2.05, 4.69) is 153 Å². The molecule has 0 spiro atoms. The number of aromatic nitrogens is 1. The minimum Gasteiger partial charge on any atom is -0.309 e. The molecular formula is C43H33NS. The Hall–Kier alpha value is -5.18. The Labute approximate surface area is 267 Å². The van der Waals surface area contributed by atoms with E-state index >= 15 is 0 Å². The van der Waals surface area contributed by atoms with Crippen molar-refractivity contribution in [3.8, 4) is 16.8 Å². The number of fused-ring (bicyclic) bond motifs is 10. The minimum atomic E-state index is 1.19. The predicted molar refractivity (Wildman–Crippen MR) is 197 cm³/mol. The fourth-order valence-corrected chi connectivity index (χ4v) is 8.21. The van der Waals surface area contributed by atoms with Crippen molar-refractivity contribution in [3.05, 3.63) is 162 Å². The zero-order chi connectivity index (χ0) is 30.5. The highest BCUT2D eigenvalue weighted by atomic mass is 32.1. The molecular weight excluding hydrogens is 563 g/mol. The SMILES string of the molecule is Cc1ccccc1.Cc1ccccc1-c1c(C)ccc2c1c1c3sc4ccccc4c3c3ccccc3c1n2-c1ccccc1. The third-order valence-electron chi connectivity index (χ3n) is 8.99. The Morgan fingerprint density at radius 3 is 1.80 bits per heavy atom. The van der Waals surface area contributed by atoms with Gasteiger partial charge in [0.05, 0.1) is 11.0 Å². The fraction of sp³-hybridized carbons (Fsp3) is 0.0698. The molecule has 0 radical (unpaired) electrons. The lowest BCUT2D eigenvalue weighted by molar-refractivity contribution is 1.19. The molecule has 9 rings (SSSR count). The molecule has 0 aliphatic rings. The summed E-state index contributed by atoms with van der Waals surface area (Å²) >= 11 is 1.93. The van der Waals surface area contributed by atoms with Gasteiger partial charge in [-0.3, -0.25) is 0 Å². The van der Waals surface area contributed by atoms with E-state index in [0.717, 1.165) is 0 Å². The molecule has 2 aromatic heterocycles. The van der Waals surface area contributed by atoms with Crippen LogP contribution in [-0.4, -0.2) is 4.57 Å². The normalized spacial score (nSPS) is 11.4. The second-order valence-electron chi connectivity index (χ2n) is 11.9. The molecule has 2 heteroatoms. The molecule has 0 amide bonds. The van der Waals surface area contributed by atoms with Gasteiger partial charge in [0.2, 0.25) is 0 Å². The van der Waals surface area contributed by atoms with Crippen LogP contribution in [0.3, 0.4) is 0 Å². The number of benzene rings is 7. The van der Waals surface area contributed by atoms with Crippen molar-refractivity contribution in [3.63, 3.8) is 0 Å². The number of hydrogen-bond acceptors (Lipinski definition) is 1. The molecule has 0 saturated heterocycles. The number of nitrogens with zero attached hydrogens (tertiary/aromatic N) is 1. The van der Waals surface area contributed by atoms with Gasteiger partial charge in [0.15, 0.2) is 0 Å². The molecule has 0 aliphatic carbocycles. The van der Waals surface area contributed by atoms with Gasteiger partial charge >= 0.3 is 0 Å².